The predicted molar refractivity (Wildman–Crippen MR) is 287 cm³/mol. The second-order valence-corrected chi connectivity index (χ2v) is 22.7. The Labute approximate surface area is 440 Å². The van der Waals surface area contributed by atoms with Gasteiger partial charge >= 0.3 is 0 Å². The first-order chi connectivity index (χ1) is 36.4. The summed E-state index contributed by atoms with van der Waals surface area (Å²) in [5.41, 5.74) is 10.9. The molecule has 20 heteroatoms. The lowest BCUT2D eigenvalue weighted by Crippen LogP contribution is -2.54. The maximum atomic E-state index is 15.1. The number of benzene rings is 4. The molecule has 1 amide bonds. The monoisotopic (exact) mass is 1060 g/mol. The van der Waals surface area contributed by atoms with E-state index in [0.717, 1.165) is 44.3 Å². The number of piperazine rings is 1. The molecule has 1 atom stereocenters. The average Bonchev–Trinajstić information content (AvgIpc) is 4.04. The number of carbonyl (C=O) groups excluding carboxylic acids is 1. The number of nitrogens with zero attached hydrogens (tertiary/aromatic N) is 5. The minimum atomic E-state index is -4.64. The molecule has 402 valence electrons. The number of ether oxygens (including phenoxy) is 2. The molecule has 0 unspecified atom stereocenters. The zero-order valence-electron chi connectivity index (χ0n) is 43.1. The van der Waals surface area contributed by atoms with E-state index >= 15 is 4.39 Å². The minimum Gasteiger partial charge on any atom is -0.475 e. The third-order valence-corrected chi connectivity index (χ3v) is 16.7. The van der Waals surface area contributed by atoms with Crippen LogP contribution in [0.3, 0.4) is 0 Å². The number of H-pyrrole nitrogens is 2. The summed E-state index contributed by atoms with van der Waals surface area (Å²) in [5, 5.41) is 13.9. The fourth-order valence-corrected chi connectivity index (χ4v) is 12.4. The highest BCUT2D eigenvalue weighted by atomic mass is 32.2. The lowest BCUT2D eigenvalue weighted by Gasteiger charge is -2.48. The van der Waals surface area contributed by atoms with Crippen LogP contribution in [0.15, 0.2) is 90.2 Å². The molecule has 0 spiro atoms. The van der Waals surface area contributed by atoms with Crippen LogP contribution < -0.4 is 30.1 Å². The van der Waals surface area contributed by atoms with Gasteiger partial charge in [0.1, 0.15) is 27.6 Å². The smallest absolute Gasteiger partial charge is 0.268 e. The first-order valence-electron chi connectivity index (χ1n) is 26.1. The van der Waals surface area contributed by atoms with Gasteiger partial charge in [-0.2, -0.15) is 4.98 Å². The van der Waals surface area contributed by atoms with E-state index in [4.69, 9.17) is 15.2 Å². The van der Waals surface area contributed by atoms with Gasteiger partial charge in [-0.1, -0.05) is 44.2 Å². The van der Waals surface area contributed by atoms with Gasteiger partial charge in [-0.05, 0) is 111 Å². The van der Waals surface area contributed by atoms with Gasteiger partial charge in [0, 0.05) is 81.9 Å². The molecule has 2 saturated heterocycles. The largest absolute Gasteiger partial charge is 0.475 e. The van der Waals surface area contributed by atoms with Crippen molar-refractivity contribution >= 4 is 55.1 Å². The molecular weight excluding hydrogens is 998 g/mol. The number of carbonyl (C=O) groups is 1. The molecule has 4 aromatic carbocycles. The van der Waals surface area contributed by atoms with Crippen LogP contribution >= 0.6 is 0 Å². The number of fused-ring (bicyclic) bond motifs is 2. The Morgan fingerprint density at radius 1 is 0.934 bits per heavy atom. The molecule has 3 aromatic heterocycles. The van der Waals surface area contributed by atoms with Gasteiger partial charge in [0.2, 0.25) is 0 Å². The van der Waals surface area contributed by atoms with Crippen molar-refractivity contribution in [2.75, 3.05) is 61.8 Å². The van der Waals surface area contributed by atoms with E-state index in [0.29, 0.717) is 62.5 Å². The number of aliphatic hydroxyl groups is 1. The zero-order chi connectivity index (χ0) is 53.5. The van der Waals surface area contributed by atoms with Gasteiger partial charge in [-0.15, -0.1) is 0 Å². The molecule has 10 rings (SSSR count). The number of hydrogen-bond donors (Lipinski definition) is 6. The van der Waals surface area contributed by atoms with Crippen LogP contribution in [0.5, 0.6) is 17.4 Å². The molecule has 7 aromatic rings. The Morgan fingerprint density at radius 2 is 1.71 bits per heavy atom. The number of pyridine rings is 1. The van der Waals surface area contributed by atoms with Crippen molar-refractivity contribution in [1.82, 2.24) is 34.5 Å². The number of aromatic nitrogens is 4. The molecule has 3 aliphatic rings. The second-order valence-electron chi connectivity index (χ2n) is 21.0. The van der Waals surface area contributed by atoms with Crippen LogP contribution in [0.1, 0.15) is 105 Å². The van der Waals surface area contributed by atoms with Crippen LogP contribution in [0, 0.1) is 23.4 Å². The number of nitrogen functional groups attached to an aromatic ring is 1. The summed E-state index contributed by atoms with van der Waals surface area (Å²) in [6, 6.07) is 20.5. The van der Waals surface area contributed by atoms with E-state index in [1.807, 2.05) is 6.92 Å². The summed E-state index contributed by atoms with van der Waals surface area (Å²) in [5.74, 6) is -2.74. The molecule has 76 heavy (non-hydrogen) atoms. The van der Waals surface area contributed by atoms with Crippen LogP contribution in [-0.4, -0.2) is 107 Å². The van der Waals surface area contributed by atoms with Crippen LogP contribution in [0.4, 0.5) is 30.2 Å². The van der Waals surface area contributed by atoms with E-state index in [1.54, 1.807) is 25.1 Å². The summed E-state index contributed by atoms with van der Waals surface area (Å²) < 4.78 is 86.5. The Kier molecular flexibility index (Phi) is 15.0. The van der Waals surface area contributed by atoms with Crippen molar-refractivity contribution in [2.45, 2.75) is 101 Å². The molecule has 0 radical (unpaired) electrons. The predicted octanol–water partition coefficient (Wildman–Crippen LogP) is 9.75. The van der Waals surface area contributed by atoms with Crippen LogP contribution in [0.2, 0.25) is 0 Å². The van der Waals surface area contributed by atoms with Gasteiger partial charge in [-0.3, -0.25) is 14.6 Å². The number of halogens is 3. The molecule has 3 fully saturated rings. The number of nitrogens with one attached hydrogen (secondary N) is 4. The molecule has 7 N–H and O–H groups in total. The summed E-state index contributed by atoms with van der Waals surface area (Å²) >= 11 is 0. The molecule has 5 heterocycles. The highest BCUT2D eigenvalue weighted by Crippen LogP contribution is 2.41. The van der Waals surface area contributed by atoms with Crippen molar-refractivity contribution in [3.63, 3.8) is 0 Å². The van der Waals surface area contributed by atoms with Crippen molar-refractivity contribution in [3.05, 3.63) is 125 Å². The molecule has 16 nitrogen and oxygen atoms in total. The number of nitrogens with two attached hydrogens (primary N) is 1. The number of anilines is 3. The maximum absolute atomic E-state index is 15.1. The van der Waals surface area contributed by atoms with E-state index in [1.165, 1.54) is 54.0 Å². The molecule has 2 aliphatic heterocycles. The first kappa shape index (κ1) is 52.6. The van der Waals surface area contributed by atoms with Crippen LogP contribution in [0.25, 0.3) is 22.1 Å². The Hall–Kier alpha value is -6.87. The average molecular weight is 1060 g/mol. The summed E-state index contributed by atoms with van der Waals surface area (Å²) in [4.78, 5) is 35.9. The molecule has 0 bridgehead atoms. The summed E-state index contributed by atoms with van der Waals surface area (Å²) in [7, 11) is -4.64. The summed E-state index contributed by atoms with van der Waals surface area (Å²) in [6.45, 7) is 12.7. The SMILES string of the molecule is CCOc1nc2[nH]cc(F)c2cc1Oc1cc(N2CCC(N3CCN(Cc4ccc(F)c(F)c4)C[C@H]3c3ccccc3C(C)C)CC2)ccc1C(=O)NS(=O)(=O)c1cc(N)c(NC[C@H]2CC[C@](C)(O)CC2)c2[nH]cnc12. The zero-order valence-corrected chi connectivity index (χ0v) is 44.0. The molecular formula is C56H65F3N10O6S. The van der Waals surface area contributed by atoms with E-state index in [2.05, 4.69) is 82.8 Å². The Balaban J connectivity index is 0.914. The number of amides is 1. The standard InChI is InChI=1S/C56H65F3N10O6S/c1-5-74-55-48(26-41-44(59)29-62-53(41)65-55)75-47-25-37(11-12-40(47)54(70)66-76(72,73)49-27-45(60)50(52-51(49)63-32-64-52)61-28-34-14-18-56(4,71)19-15-34)68-20-16-36(17-21-68)69-23-22-67(30-35-10-13-42(57)43(58)24-35)31-46(69)39-9-7-6-8-38(39)33(2)3/h6-13,24-27,29,32-34,36,46,61,71H,5,14-23,28,30-31,60H2,1-4H3,(H,62,65)(H,63,64)(H,66,70)/t34-,46-,56-/m0/s1. The van der Waals surface area contributed by atoms with Gasteiger partial charge in [0.25, 0.3) is 21.8 Å². The normalized spacial score (nSPS) is 20.1. The van der Waals surface area contributed by atoms with Crippen molar-refractivity contribution in [1.29, 1.82) is 0 Å². The number of piperidine rings is 1. The van der Waals surface area contributed by atoms with Crippen molar-refractivity contribution in [2.24, 2.45) is 5.92 Å². The molecule has 1 saturated carbocycles. The highest BCUT2D eigenvalue weighted by Gasteiger charge is 2.37. The lowest BCUT2D eigenvalue weighted by atomic mass is 9.80. The Morgan fingerprint density at radius 3 is 2.46 bits per heavy atom. The topological polar surface area (TPSA) is 207 Å². The van der Waals surface area contributed by atoms with Gasteiger partial charge in [0.05, 0.1) is 46.4 Å². The first-order valence-corrected chi connectivity index (χ1v) is 27.6. The number of imidazole rings is 1. The van der Waals surface area contributed by atoms with E-state index < -0.39 is 39.0 Å². The fourth-order valence-electron chi connectivity index (χ4n) is 11.3. The number of aromatic amines is 2. The molecule has 1 aliphatic carbocycles. The fraction of sp³-hybridized carbons (Fsp3) is 0.411. The highest BCUT2D eigenvalue weighted by molar-refractivity contribution is 7.90. The van der Waals surface area contributed by atoms with E-state index in [-0.39, 0.29) is 80.6 Å². The summed E-state index contributed by atoms with van der Waals surface area (Å²) in [6.07, 6.45) is 7.11. The Bertz CT molecular complexity index is 3370. The number of hydrogen-bond acceptors (Lipinski definition) is 13. The van der Waals surface area contributed by atoms with E-state index in [9.17, 15) is 27.1 Å². The van der Waals surface area contributed by atoms with Crippen molar-refractivity contribution in [3.8, 4) is 17.4 Å². The van der Waals surface area contributed by atoms with Gasteiger partial charge < -0.3 is 40.5 Å². The third-order valence-electron chi connectivity index (χ3n) is 15.4. The van der Waals surface area contributed by atoms with Crippen molar-refractivity contribution < 1.29 is 41.0 Å². The van der Waals surface area contributed by atoms with Gasteiger partial charge in [0.15, 0.2) is 17.4 Å². The third kappa shape index (κ3) is 11.0. The minimum absolute atomic E-state index is 0.00439. The quantitative estimate of drug-likeness (QED) is 0.0499. The second kappa shape index (κ2) is 21.6. The number of sulfonamides is 1. The maximum Gasteiger partial charge on any atom is 0.268 e. The van der Waals surface area contributed by atoms with Gasteiger partial charge in [-0.25, -0.2) is 31.3 Å². The number of rotatable bonds is 16. The van der Waals surface area contributed by atoms with Crippen LogP contribution in [-0.2, 0) is 16.6 Å². The lowest BCUT2D eigenvalue weighted by molar-refractivity contribution is 0.00976.